The lowest BCUT2D eigenvalue weighted by Crippen LogP contribution is -2.29. The summed E-state index contributed by atoms with van der Waals surface area (Å²) >= 11 is 0. The van der Waals surface area contributed by atoms with Crippen molar-refractivity contribution in [1.29, 1.82) is 0 Å². The number of hydrogen-bond acceptors (Lipinski definition) is 2. The third-order valence-electron chi connectivity index (χ3n) is 6.87. The minimum Gasteiger partial charge on any atom is -0.273 e. The minimum absolute atomic E-state index is 0.121. The summed E-state index contributed by atoms with van der Waals surface area (Å²) in [6.45, 7) is 0. The van der Waals surface area contributed by atoms with Crippen molar-refractivity contribution < 1.29 is 4.79 Å². The third-order valence-corrected chi connectivity index (χ3v) is 6.87. The molecule has 5 aliphatic carbocycles. The smallest absolute Gasteiger partial charge is 0.243 e. The van der Waals surface area contributed by atoms with E-state index in [4.69, 9.17) is 0 Å². The van der Waals surface area contributed by atoms with Crippen LogP contribution >= 0.6 is 0 Å². The van der Waals surface area contributed by atoms with Crippen LogP contribution in [0.5, 0.6) is 0 Å². The summed E-state index contributed by atoms with van der Waals surface area (Å²) in [6.07, 6.45) is 8.99. The zero-order chi connectivity index (χ0) is 16.1. The van der Waals surface area contributed by atoms with E-state index in [9.17, 15) is 4.79 Å². The van der Waals surface area contributed by atoms with E-state index in [1.54, 1.807) is 0 Å². The monoisotopic (exact) mass is 322 g/mol. The summed E-state index contributed by atoms with van der Waals surface area (Å²) in [6, 6.07) is 10.4. The molecule has 24 heavy (non-hydrogen) atoms. The molecule has 1 aromatic rings. The molecular formula is C21H26N2O. The zero-order valence-corrected chi connectivity index (χ0v) is 14.2. The molecule has 5 fully saturated rings. The number of rotatable bonds is 3. The van der Waals surface area contributed by atoms with E-state index in [-0.39, 0.29) is 11.8 Å². The second-order valence-electron chi connectivity index (χ2n) is 8.62. The molecular weight excluding hydrogens is 296 g/mol. The van der Waals surface area contributed by atoms with Crippen LogP contribution in [0.1, 0.15) is 56.4 Å². The van der Waals surface area contributed by atoms with Crippen molar-refractivity contribution in [2.45, 2.75) is 50.9 Å². The van der Waals surface area contributed by atoms with Crippen molar-refractivity contribution in [2.24, 2.45) is 34.7 Å². The number of benzene rings is 1. The summed E-state index contributed by atoms with van der Waals surface area (Å²) in [7, 11) is 0. The lowest BCUT2D eigenvalue weighted by atomic mass is 9.68. The van der Waals surface area contributed by atoms with Crippen molar-refractivity contribution in [2.75, 3.05) is 0 Å². The maximum atomic E-state index is 12.5. The maximum absolute atomic E-state index is 12.5. The number of fused-ring (bicyclic) bond motifs is 1. The molecule has 0 aromatic heterocycles. The molecule has 126 valence electrons. The third kappa shape index (κ3) is 2.68. The van der Waals surface area contributed by atoms with Crippen molar-refractivity contribution >= 4 is 11.6 Å². The second-order valence-corrected chi connectivity index (χ2v) is 8.62. The summed E-state index contributed by atoms with van der Waals surface area (Å²) in [5.74, 6) is 3.98. The quantitative estimate of drug-likeness (QED) is 0.836. The van der Waals surface area contributed by atoms with Gasteiger partial charge in [0.15, 0.2) is 0 Å². The van der Waals surface area contributed by atoms with Crippen molar-refractivity contribution in [1.82, 2.24) is 5.43 Å². The summed E-state index contributed by atoms with van der Waals surface area (Å²) in [5.41, 5.74) is 5.52. The van der Waals surface area contributed by atoms with Gasteiger partial charge in [-0.25, -0.2) is 5.43 Å². The first-order chi connectivity index (χ1) is 11.8. The number of carbonyl (C=O) groups excluding carboxylic acids is 1. The first kappa shape index (κ1) is 14.7. The van der Waals surface area contributed by atoms with E-state index in [1.807, 2.05) is 6.07 Å². The van der Waals surface area contributed by atoms with Crippen LogP contribution in [0, 0.1) is 29.6 Å². The Kier molecular flexibility index (Phi) is 3.50. The molecule has 0 aliphatic heterocycles. The molecule has 3 heteroatoms. The van der Waals surface area contributed by atoms with Crippen molar-refractivity contribution in [3.63, 3.8) is 0 Å². The normalized spacial score (nSPS) is 41.2. The molecule has 0 spiro atoms. The average molecular weight is 322 g/mol. The van der Waals surface area contributed by atoms with Gasteiger partial charge in [0.1, 0.15) is 0 Å². The highest BCUT2D eigenvalue weighted by molar-refractivity contribution is 5.90. The van der Waals surface area contributed by atoms with Crippen LogP contribution in [0.3, 0.4) is 0 Å². The first-order valence-corrected chi connectivity index (χ1v) is 9.67. The molecule has 6 rings (SSSR count). The Bertz CT molecular complexity index is 654. The molecule has 5 aliphatic rings. The maximum Gasteiger partial charge on any atom is 0.243 e. The van der Waals surface area contributed by atoms with Gasteiger partial charge in [-0.05, 0) is 80.1 Å². The molecule has 3 nitrogen and oxygen atoms in total. The van der Waals surface area contributed by atoms with Gasteiger partial charge in [-0.2, -0.15) is 5.10 Å². The molecule has 0 heterocycles. The predicted molar refractivity (Wildman–Crippen MR) is 94.5 cm³/mol. The van der Waals surface area contributed by atoms with Crippen LogP contribution in [-0.4, -0.2) is 11.6 Å². The lowest BCUT2D eigenvalue weighted by molar-refractivity contribution is -0.122. The van der Waals surface area contributed by atoms with Gasteiger partial charge in [-0.15, -0.1) is 0 Å². The summed E-state index contributed by atoms with van der Waals surface area (Å²) in [4.78, 5) is 12.5. The first-order valence-electron chi connectivity index (χ1n) is 9.67. The molecule has 1 amide bonds. The highest BCUT2D eigenvalue weighted by Crippen LogP contribution is 2.50. The Morgan fingerprint density at radius 1 is 0.917 bits per heavy atom. The zero-order valence-electron chi connectivity index (χ0n) is 14.2. The van der Waals surface area contributed by atoms with Crippen molar-refractivity contribution in [3.8, 4) is 0 Å². The topological polar surface area (TPSA) is 41.5 Å². The van der Waals surface area contributed by atoms with Crippen LogP contribution in [0.2, 0.25) is 0 Å². The Morgan fingerprint density at radius 2 is 1.62 bits per heavy atom. The Hall–Kier alpha value is -1.64. The van der Waals surface area contributed by atoms with Gasteiger partial charge < -0.3 is 0 Å². The average Bonchev–Trinajstić information content (AvgIpc) is 3.40. The van der Waals surface area contributed by atoms with Crippen LogP contribution in [-0.2, 0) is 4.79 Å². The largest absolute Gasteiger partial charge is 0.273 e. The van der Waals surface area contributed by atoms with Crippen LogP contribution in [0.25, 0.3) is 0 Å². The molecule has 1 aromatic carbocycles. The summed E-state index contributed by atoms with van der Waals surface area (Å²) < 4.78 is 0. The van der Waals surface area contributed by atoms with E-state index in [1.165, 1.54) is 43.4 Å². The minimum atomic E-state index is 0.121. The molecule has 6 atom stereocenters. The predicted octanol–water partition coefficient (Wildman–Crippen LogP) is 4.11. The number of carbonyl (C=O) groups is 1. The molecule has 4 bridgehead atoms. The van der Waals surface area contributed by atoms with Crippen molar-refractivity contribution in [3.05, 3.63) is 35.9 Å². The van der Waals surface area contributed by atoms with E-state index >= 15 is 0 Å². The molecule has 2 unspecified atom stereocenters. The second kappa shape index (κ2) is 5.72. The number of amides is 1. The fourth-order valence-electron chi connectivity index (χ4n) is 5.79. The fraction of sp³-hybridized carbons (Fsp3) is 0.619. The van der Waals surface area contributed by atoms with Gasteiger partial charge >= 0.3 is 0 Å². The number of nitrogens with zero attached hydrogens (tertiary/aromatic N) is 1. The van der Waals surface area contributed by atoms with Crippen LogP contribution < -0.4 is 5.43 Å². The van der Waals surface area contributed by atoms with Crippen LogP contribution in [0.15, 0.2) is 35.4 Å². The van der Waals surface area contributed by atoms with E-state index in [0.717, 1.165) is 30.6 Å². The fourth-order valence-corrected chi connectivity index (χ4v) is 5.79. The van der Waals surface area contributed by atoms with E-state index in [0.29, 0.717) is 11.8 Å². The standard InChI is InChI=1S/C21H26N2O/c24-21(19-12-18(19)16-4-2-1-3-5-16)23-22-20-11-15-7-13-6-14(8-15)10-17(20)9-13/h1-5,13-15,17-19H,6-12H2,(H,23,24)/b22-20-/t13-,14+,15?,17?,18-,19-/m0/s1. The molecule has 1 N–H and O–H groups in total. The van der Waals surface area contributed by atoms with Gasteiger partial charge in [0.2, 0.25) is 5.91 Å². The highest BCUT2D eigenvalue weighted by Gasteiger charge is 2.45. The lowest BCUT2D eigenvalue weighted by Gasteiger charge is -2.37. The SMILES string of the molecule is O=C(N/N=C1/CC2C[C@@H]3CC1C[C@H](C2)C3)[C@H]1C[C@H]1c1ccccc1. The van der Waals surface area contributed by atoms with Gasteiger partial charge in [0.25, 0.3) is 0 Å². The van der Waals surface area contributed by atoms with E-state index < -0.39 is 0 Å². The molecule has 0 radical (unpaired) electrons. The Balaban J connectivity index is 1.24. The van der Waals surface area contributed by atoms with Gasteiger partial charge in [-0.1, -0.05) is 30.3 Å². The molecule has 0 saturated heterocycles. The highest BCUT2D eigenvalue weighted by atomic mass is 16.2. The Labute approximate surface area is 143 Å². The van der Waals surface area contributed by atoms with E-state index in [2.05, 4.69) is 34.8 Å². The van der Waals surface area contributed by atoms with Gasteiger partial charge in [0.05, 0.1) is 0 Å². The number of hydrazone groups is 1. The van der Waals surface area contributed by atoms with Gasteiger partial charge in [0, 0.05) is 11.6 Å². The number of hydrogen-bond donors (Lipinski definition) is 1. The van der Waals surface area contributed by atoms with Gasteiger partial charge in [-0.3, -0.25) is 4.79 Å². The summed E-state index contributed by atoms with van der Waals surface area (Å²) in [5, 5.41) is 4.65. The van der Waals surface area contributed by atoms with Crippen LogP contribution in [0.4, 0.5) is 0 Å². The molecule has 5 saturated carbocycles. The number of nitrogens with one attached hydrogen (secondary N) is 1. The Morgan fingerprint density at radius 3 is 2.38 bits per heavy atom.